The molecular formula is C19H31ClN2O3. The second-order valence-electron chi connectivity index (χ2n) is 6.61. The molecule has 6 heteroatoms. The first-order chi connectivity index (χ1) is 11.5. The molecular weight excluding hydrogens is 340 g/mol. The highest BCUT2D eigenvalue weighted by Gasteiger charge is 2.26. The van der Waals surface area contributed by atoms with Gasteiger partial charge in [-0.3, -0.25) is 4.79 Å². The first-order valence-corrected chi connectivity index (χ1v) is 8.90. The average Bonchev–Trinajstić information content (AvgIpc) is 2.97. The van der Waals surface area contributed by atoms with Crippen LogP contribution in [0.4, 0.5) is 0 Å². The molecule has 1 aromatic rings. The molecule has 2 rings (SSSR count). The Morgan fingerprint density at radius 3 is 2.72 bits per heavy atom. The number of carbonyl (C=O) groups is 1. The van der Waals surface area contributed by atoms with Gasteiger partial charge in [-0.25, -0.2) is 0 Å². The highest BCUT2D eigenvalue weighted by atomic mass is 35.5. The maximum Gasteiger partial charge on any atom is 0.220 e. The number of nitrogens with one attached hydrogen (secondary N) is 1. The molecule has 1 fully saturated rings. The molecule has 3 atom stereocenters. The van der Waals surface area contributed by atoms with Crippen molar-refractivity contribution in [2.45, 2.75) is 58.0 Å². The van der Waals surface area contributed by atoms with Crippen molar-refractivity contribution in [3.63, 3.8) is 0 Å². The van der Waals surface area contributed by atoms with Gasteiger partial charge in [0.1, 0.15) is 0 Å². The molecule has 0 aliphatic heterocycles. The Hall–Kier alpha value is -1.46. The van der Waals surface area contributed by atoms with Crippen LogP contribution in [-0.4, -0.2) is 25.7 Å². The van der Waals surface area contributed by atoms with E-state index in [0.717, 1.165) is 37.0 Å². The van der Waals surface area contributed by atoms with Crippen LogP contribution >= 0.6 is 12.4 Å². The zero-order valence-electron chi connectivity index (χ0n) is 15.4. The Balaban J connectivity index is 0.00000312. The number of hydrogen-bond donors (Lipinski definition) is 2. The van der Waals surface area contributed by atoms with Crippen LogP contribution in [0, 0.1) is 5.92 Å². The Morgan fingerprint density at radius 1 is 1.36 bits per heavy atom. The maximum absolute atomic E-state index is 12.3. The fraction of sp³-hybridized carbons (Fsp3) is 0.632. The van der Waals surface area contributed by atoms with Gasteiger partial charge in [0.25, 0.3) is 0 Å². The fourth-order valence-corrected chi connectivity index (χ4v) is 3.23. The van der Waals surface area contributed by atoms with Crippen molar-refractivity contribution in [1.82, 2.24) is 5.32 Å². The third-order valence-corrected chi connectivity index (χ3v) is 4.69. The predicted octanol–water partition coefficient (Wildman–Crippen LogP) is 3.60. The lowest BCUT2D eigenvalue weighted by molar-refractivity contribution is -0.122. The van der Waals surface area contributed by atoms with Crippen molar-refractivity contribution in [2.75, 3.05) is 13.7 Å². The number of methoxy groups -OCH3 is 1. The Morgan fingerprint density at radius 2 is 2.12 bits per heavy atom. The molecule has 0 spiro atoms. The van der Waals surface area contributed by atoms with E-state index in [0.29, 0.717) is 24.7 Å². The first-order valence-electron chi connectivity index (χ1n) is 8.90. The quantitative estimate of drug-likeness (QED) is 0.733. The molecule has 1 aliphatic rings. The first kappa shape index (κ1) is 21.6. The number of hydrogen-bond acceptors (Lipinski definition) is 4. The average molecular weight is 371 g/mol. The van der Waals surface area contributed by atoms with Gasteiger partial charge < -0.3 is 20.5 Å². The summed E-state index contributed by atoms with van der Waals surface area (Å²) in [7, 11) is 1.63. The van der Waals surface area contributed by atoms with Crippen LogP contribution in [0.1, 0.15) is 57.6 Å². The number of rotatable bonds is 8. The van der Waals surface area contributed by atoms with Crippen LogP contribution in [0.5, 0.6) is 11.5 Å². The summed E-state index contributed by atoms with van der Waals surface area (Å²) in [5, 5.41) is 3.07. The fourth-order valence-electron chi connectivity index (χ4n) is 3.23. The standard InChI is InChI=1S/C19H30N2O3.ClH/c1-4-10-24-17-9-8-14(11-18(17)23-3)13(2)21-19(22)12-15-6-5-7-16(15)20;/h8-9,11,13,15-16H,4-7,10,12,20H2,1-3H3,(H,21,22);1H/t13?,15-,16+;/m0./s1. The molecule has 3 N–H and O–H groups in total. The van der Waals surface area contributed by atoms with E-state index in [2.05, 4.69) is 12.2 Å². The van der Waals surface area contributed by atoms with Crippen molar-refractivity contribution in [3.8, 4) is 11.5 Å². The second kappa shape index (κ2) is 10.5. The number of nitrogens with two attached hydrogens (primary N) is 1. The van der Waals surface area contributed by atoms with Crippen LogP contribution in [-0.2, 0) is 4.79 Å². The van der Waals surface area contributed by atoms with E-state index in [4.69, 9.17) is 15.2 Å². The lowest BCUT2D eigenvalue weighted by Gasteiger charge is -2.19. The number of carbonyl (C=O) groups excluding carboxylic acids is 1. The van der Waals surface area contributed by atoms with Crippen molar-refractivity contribution >= 4 is 18.3 Å². The van der Waals surface area contributed by atoms with Gasteiger partial charge >= 0.3 is 0 Å². The molecule has 0 aromatic heterocycles. The highest BCUT2D eigenvalue weighted by Crippen LogP contribution is 2.31. The van der Waals surface area contributed by atoms with E-state index < -0.39 is 0 Å². The minimum absolute atomic E-state index is 0. The third kappa shape index (κ3) is 6.08. The van der Waals surface area contributed by atoms with Gasteiger partial charge in [0, 0.05) is 12.5 Å². The summed E-state index contributed by atoms with van der Waals surface area (Å²) in [4.78, 5) is 12.3. The van der Waals surface area contributed by atoms with Gasteiger partial charge in [-0.2, -0.15) is 0 Å². The van der Waals surface area contributed by atoms with E-state index in [-0.39, 0.29) is 30.4 Å². The summed E-state index contributed by atoms with van der Waals surface area (Å²) in [5.74, 6) is 1.81. The molecule has 0 bridgehead atoms. The molecule has 1 amide bonds. The van der Waals surface area contributed by atoms with Crippen molar-refractivity contribution in [1.29, 1.82) is 0 Å². The molecule has 1 saturated carbocycles. The molecule has 25 heavy (non-hydrogen) atoms. The van der Waals surface area contributed by atoms with Crippen LogP contribution in [0.3, 0.4) is 0 Å². The number of amides is 1. The van der Waals surface area contributed by atoms with Gasteiger partial charge in [0.15, 0.2) is 11.5 Å². The minimum atomic E-state index is -0.0794. The summed E-state index contributed by atoms with van der Waals surface area (Å²) in [6.45, 7) is 4.70. The molecule has 1 aliphatic carbocycles. The van der Waals surface area contributed by atoms with Gasteiger partial charge in [0.2, 0.25) is 5.91 Å². The number of ether oxygens (including phenoxy) is 2. The van der Waals surface area contributed by atoms with Gasteiger partial charge in [0.05, 0.1) is 19.8 Å². The zero-order chi connectivity index (χ0) is 17.5. The smallest absolute Gasteiger partial charge is 0.220 e. The molecule has 0 radical (unpaired) electrons. The second-order valence-corrected chi connectivity index (χ2v) is 6.61. The largest absolute Gasteiger partial charge is 0.493 e. The number of benzene rings is 1. The zero-order valence-corrected chi connectivity index (χ0v) is 16.2. The van der Waals surface area contributed by atoms with E-state index >= 15 is 0 Å². The normalized spacial score (nSPS) is 20.5. The van der Waals surface area contributed by atoms with E-state index in [1.165, 1.54) is 0 Å². The van der Waals surface area contributed by atoms with Gasteiger partial charge in [-0.1, -0.05) is 19.4 Å². The van der Waals surface area contributed by atoms with Crippen LogP contribution in [0.25, 0.3) is 0 Å². The Bertz CT molecular complexity index is 553. The predicted molar refractivity (Wildman–Crippen MR) is 103 cm³/mol. The van der Waals surface area contributed by atoms with Crippen LogP contribution in [0.15, 0.2) is 18.2 Å². The molecule has 142 valence electrons. The maximum atomic E-state index is 12.3. The summed E-state index contributed by atoms with van der Waals surface area (Å²) >= 11 is 0. The third-order valence-electron chi connectivity index (χ3n) is 4.69. The molecule has 0 heterocycles. The summed E-state index contributed by atoms with van der Waals surface area (Å²) in [6, 6.07) is 5.89. The number of halogens is 1. The van der Waals surface area contributed by atoms with E-state index in [9.17, 15) is 4.79 Å². The van der Waals surface area contributed by atoms with Gasteiger partial charge in [-0.15, -0.1) is 12.4 Å². The summed E-state index contributed by atoms with van der Waals surface area (Å²) < 4.78 is 11.1. The molecule has 5 nitrogen and oxygen atoms in total. The molecule has 0 saturated heterocycles. The van der Waals surface area contributed by atoms with E-state index in [1.807, 2.05) is 25.1 Å². The molecule has 1 aromatic carbocycles. The SMILES string of the molecule is CCCOc1ccc(C(C)NC(=O)C[C@@H]2CCC[C@H]2N)cc1OC.Cl. The minimum Gasteiger partial charge on any atom is -0.493 e. The molecule has 1 unspecified atom stereocenters. The summed E-state index contributed by atoms with van der Waals surface area (Å²) in [6.07, 6.45) is 4.68. The summed E-state index contributed by atoms with van der Waals surface area (Å²) in [5.41, 5.74) is 7.05. The topological polar surface area (TPSA) is 73.6 Å². The van der Waals surface area contributed by atoms with Crippen molar-refractivity contribution < 1.29 is 14.3 Å². The monoisotopic (exact) mass is 370 g/mol. The Labute approximate surface area is 157 Å². The van der Waals surface area contributed by atoms with Crippen LogP contribution in [0.2, 0.25) is 0 Å². The lowest BCUT2D eigenvalue weighted by atomic mass is 9.99. The van der Waals surface area contributed by atoms with Crippen LogP contribution < -0.4 is 20.5 Å². The van der Waals surface area contributed by atoms with Crippen molar-refractivity contribution in [2.24, 2.45) is 11.7 Å². The highest BCUT2D eigenvalue weighted by molar-refractivity contribution is 5.85. The Kier molecular flexibility index (Phi) is 9.08. The van der Waals surface area contributed by atoms with Gasteiger partial charge in [-0.05, 0) is 49.8 Å². The van der Waals surface area contributed by atoms with E-state index in [1.54, 1.807) is 7.11 Å². The lowest BCUT2D eigenvalue weighted by Crippen LogP contribution is -2.32. The van der Waals surface area contributed by atoms with Crippen molar-refractivity contribution in [3.05, 3.63) is 23.8 Å².